The van der Waals surface area contributed by atoms with Crippen molar-refractivity contribution in [1.29, 1.82) is 0 Å². The van der Waals surface area contributed by atoms with E-state index in [2.05, 4.69) is 19.2 Å². The molecule has 0 aliphatic rings. The van der Waals surface area contributed by atoms with Crippen LogP contribution in [0.3, 0.4) is 0 Å². The summed E-state index contributed by atoms with van der Waals surface area (Å²) < 4.78 is 0. The highest BCUT2D eigenvalue weighted by Gasteiger charge is 2.11. The van der Waals surface area contributed by atoms with E-state index in [1.54, 1.807) is 24.1 Å². The first-order valence-electron chi connectivity index (χ1n) is 3.79. The first-order valence-corrected chi connectivity index (χ1v) is 5.11. The Labute approximate surface area is 87.3 Å². The molecule has 0 aliphatic carbocycles. The Morgan fingerprint density at radius 3 is 3.00 bits per heavy atom. The molecule has 1 aromatic rings. The summed E-state index contributed by atoms with van der Waals surface area (Å²) in [5, 5.41) is 1.85. The lowest BCUT2D eigenvalue weighted by Crippen LogP contribution is -2.25. The number of thiophene rings is 1. The van der Waals surface area contributed by atoms with E-state index in [0.717, 1.165) is 4.90 Å². The van der Waals surface area contributed by atoms with Crippen LogP contribution in [0.15, 0.2) is 29.0 Å². The van der Waals surface area contributed by atoms with Gasteiger partial charge < -0.3 is 4.90 Å². The van der Waals surface area contributed by atoms with Crippen LogP contribution in [-0.2, 0) is 0 Å². The molecule has 70 valence electrons. The number of likely N-dealkylation sites (N-methyl/N-ethyl adjacent to an activating group) is 1. The molecule has 0 saturated carbocycles. The molecule has 1 amide bonds. The molecule has 2 nitrogen and oxygen atoms in total. The van der Waals surface area contributed by atoms with Gasteiger partial charge in [0.15, 0.2) is 0 Å². The average Bonchev–Trinajstić information content (AvgIpc) is 2.51. The molecule has 0 aromatic carbocycles. The van der Waals surface area contributed by atoms with Crippen molar-refractivity contribution in [1.82, 2.24) is 4.90 Å². The number of rotatable bonds is 3. The molecule has 1 aromatic heterocycles. The molecule has 0 bridgehead atoms. The molecule has 0 N–H and O–H groups in total. The Morgan fingerprint density at radius 2 is 2.54 bits per heavy atom. The van der Waals surface area contributed by atoms with Crippen LogP contribution >= 0.6 is 24.0 Å². The quantitative estimate of drug-likeness (QED) is 0.603. The Morgan fingerprint density at radius 1 is 1.85 bits per heavy atom. The van der Waals surface area contributed by atoms with E-state index in [9.17, 15) is 4.79 Å². The second-order valence-electron chi connectivity index (χ2n) is 2.64. The number of thiol groups is 1. The monoisotopic (exact) mass is 213 g/mol. The lowest BCUT2D eigenvalue weighted by molar-refractivity contribution is 0.0815. The molecule has 0 spiro atoms. The van der Waals surface area contributed by atoms with Gasteiger partial charge in [0.1, 0.15) is 0 Å². The maximum atomic E-state index is 11.6. The van der Waals surface area contributed by atoms with E-state index >= 15 is 0 Å². The minimum absolute atomic E-state index is 0.0187. The summed E-state index contributed by atoms with van der Waals surface area (Å²) in [6.45, 7) is 4.14. The van der Waals surface area contributed by atoms with Gasteiger partial charge in [-0.05, 0) is 6.07 Å². The van der Waals surface area contributed by atoms with Crippen LogP contribution in [0, 0.1) is 0 Å². The summed E-state index contributed by atoms with van der Waals surface area (Å²) in [6, 6.07) is 1.77. The van der Waals surface area contributed by atoms with Gasteiger partial charge in [0, 0.05) is 23.9 Å². The fourth-order valence-corrected chi connectivity index (χ4v) is 2.05. The molecule has 0 aliphatic heterocycles. The topological polar surface area (TPSA) is 20.3 Å². The van der Waals surface area contributed by atoms with Gasteiger partial charge in [-0.1, -0.05) is 6.08 Å². The third-order valence-corrected chi connectivity index (χ3v) is 2.90. The van der Waals surface area contributed by atoms with E-state index in [-0.39, 0.29) is 5.91 Å². The molecular weight excluding hydrogens is 202 g/mol. The molecule has 1 heterocycles. The van der Waals surface area contributed by atoms with Gasteiger partial charge >= 0.3 is 0 Å². The molecule has 0 unspecified atom stereocenters. The molecule has 0 radical (unpaired) electrons. The Balaban J connectivity index is 2.73. The fraction of sp³-hybridized carbons (Fsp3) is 0.222. The molecule has 13 heavy (non-hydrogen) atoms. The van der Waals surface area contributed by atoms with Crippen molar-refractivity contribution in [3.05, 3.63) is 29.0 Å². The van der Waals surface area contributed by atoms with Crippen LogP contribution in [-0.4, -0.2) is 24.4 Å². The molecule has 0 fully saturated rings. The first kappa shape index (κ1) is 10.3. The Kier molecular flexibility index (Phi) is 3.57. The Bertz CT molecular complexity index is 319. The van der Waals surface area contributed by atoms with Crippen LogP contribution < -0.4 is 0 Å². The summed E-state index contributed by atoms with van der Waals surface area (Å²) in [5.74, 6) is 0.0187. The SMILES string of the molecule is C=CCN(C)C(=O)c1cc(S)cs1. The maximum Gasteiger partial charge on any atom is 0.263 e. The minimum atomic E-state index is 0.0187. The number of carbonyl (C=O) groups excluding carboxylic acids is 1. The molecular formula is C9H11NOS2. The van der Waals surface area contributed by atoms with Gasteiger partial charge in [-0.2, -0.15) is 0 Å². The van der Waals surface area contributed by atoms with Gasteiger partial charge in [0.2, 0.25) is 0 Å². The summed E-state index contributed by atoms with van der Waals surface area (Å²) in [7, 11) is 1.75. The van der Waals surface area contributed by atoms with Crippen LogP contribution in [0.1, 0.15) is 9.67 Å². The lowest BCUT2D eigenvalue weighted by atomic mass is 10.4. The summed E-state index contributed by atoms with van der Waals surface area (Å²) >= 11 is 5.55. The molecule has 0 saturated heterocycles. The van der Waals surface area contributed by atoms with Crippen molar-refractivity contribution in [3.63, 3.8) is 0 Å². The predicted molar refractivity (Wildman–Crippen MR) is 58.7 cm³/mol. The fourth-order valence-electron chi connectivity index (χ4n) is 0.903. The second kappa shape index (κ2) is 4.48. The highest BCUT2D eigenvalue weighted by molar-refractivity contribution is 7.80. The minimum Gasteiger partial charge on any atom is -0.337 e. The third-order valence-electron chi connectivity index (χ3n) is 1.55. The van der Waals surface area contributed by atoms with Crippen molar-refractivity contribution >= 4 is 29.9 Å². The first-order chi connectivity index (χ1) is 6.15. The highest BCUT2D eigenvalue weighted by Crippen LogP contribution is 2.18. The van der Waals surface area contributed by atoms with Crippen molar-refractivity contribution in [2.45, 2.75) is 4.90 Å². The van der Waals surface area contributed by atoms with Crippen LogP contribution in [0.25, 0.3) is 0 Å². The van der Waals surface area contributed by atoms with Crippen LogP contribution in [0.4, 0.5) is 0 Å². The van der Waals surface area contributed by atoms with Crippen molar-refractivity contribution in [2.75, 3.05) is 13.6 Å². The maximum absolute atomic E-state index is 11.6. The van der Waals surface area contributed by atoms with Gasteiger partial charge in [-0.25, -0.2) is 0 Å². The average molecular weight is 213 g/mol. The van der Waals surface area contributed by atoms with Gasteiger partial charge in [0.25, 0.3) is 5.91 Å². The second-order valence-corrected chi connectivity index (χ2v) is 4.07. The zero-order valence-corrected chi connectivity index (χ0v) is 9.07. The zero-order chi connectivity index (χ0) is 9.84. The molecule has 4 heteroatoms. The Hall–Kier alpha value is -0.740. The van der Waals surface area contributed by atoms with Gasteiger partial charge in [-0.3, -0.25) is 4.79 Å². The predicted octanol–water partition coefficient (Wildman–Crippen LogP) is 2.29. The van der Waals surface area contributed by atoms with Crippen molar-refractivity contribution < 1.29 is 4.79 Å². The van der Waals surface area contributed by atoms with Crippen molar-refractivity contribution in [3.8, 4) is 0 Å². The van der Waals surface area contributed by atoms with E-state index in [1.807, 2.05) is 5.38 Å². The smallest absolute Gasteiger partial charge is 0.263 e. The lowest BCUT2D eigenvalue weighted by Gasteiger charge is -2.12. The number of hydrogen-bond donors (Lipinski definition) is 1. The van der Waals surface area contributed by atoms with Crippen LogP contribution in [0.5, 0.6) is 0 Å². The molecule has 0 atom stereocenters. The van der Waals surface area contributed by atoms with E-state index in [0.29, 0.717) is 11.4 Å². The number of carbonyl (C=O) groups is 1. The third kappa shape index (κ3) is 2.60. The summed E-state index contributed by atoms with van der Waals surface area (Å²) in [4.78, 5) is 14.8. The summed E-state index contributed by atoms with van der Waals surface area (Å²) in [6.07, 6.45) is 1.70. The summed E-state index contributed by atoms with van der Waals surface area (Å²) in [5.41, 5.74) is 0. The van der Waals surface area contributed by atoms with Crippen molar-refractivity contribution in [2.24, 2.45) is 0 Å². The van der Waals surface area contributed by atoms with E-state index in [1.165, 1.54) is 11.3 Å². The number of amides is 1. The van der Waals surface area contributed by atoms with Gasteiger partial charge in [-0.15, -0.1) is 30.5 Å². The zero-order valence-electron chi connectivity index (χ0n) is 7.36. The van der Waals surface area contributed by atoms with E-state index < -0.39 is 0 Å². The number of hydrogen-bond acceptors (Lipinski definition) is 3. The largest absolute Gasteiger partial charge is 0.337 e. The molecule has 1 rings (SSSR count). The highest BCUT2D eigenvalue weighted by atomic mass is 32.1. The number of nitrogens with zero attached hydrogens (tertiary/aromatic N) is 1. The standard InChI is InChI=1S/C9H11NOS2/c1-3-4-10(2)9(11)8-5-7(12)6-13-8/h3,5-6,12H,1,4H2,2H3. The van der Waals surface area contributed by atoms with E-state index in [4.69, 9.17) is 0 Å². The normalized spacial score (nSPS) is 9.69. The van der Waals surface area contributed by atoms with Crippen LogP contribution in [0.2, 0.25) is 0 Å². The van der Waals surface area contributed by atoms with Gasteiger partial charge in [0.05, 0.1) is 4.88 Å².